The molecule has 2 aromatic heterocycles. The molecule has 3 aromatic rings. The third kappa shape index (κ3) is 6.58. The van der Waals surface area contributed by atoms with Gasteiger partial charge in [-0.15, -0.1) is 0 Å². The minimum absolute atomic E-state index is 0.0582. The summed E-state index contributed by atoms with van der Waals surface area (Å²) in [6.45, 7) is 7.38. The maximum Gasteiger partial charge on any atom is 0.247 e. The van der Waals surface area contributed by atoms with Gasteiger partial charge in [0.25, 0.3) is 0 Å². The van der Waals surface area contributed by atoms with Gasteiger partial charge in [-0.2, -0.15) is 0 Å². The number of pyridine rings is 2. The van der Waals surface area contributed by atoms with Crippen LogP contribution in [0, 0.1) is 24.4 Å². The van der Waals surface area contributed by atoms with Gasteiger partial charge in [0, 0.05) is 60.5 Å². The lowest BCUT2D eigenvalue weighted by atomic mass is 10.0. The average molecular weight is 524 g/mol. The highest BCUT2D eigenvalue weighted by Gasteiger charge is 2.28. The van der Waals surface area contributed by atoms with Crippen molar-refractivity contribution in [3.05, 3.63) is 89.1 Å². The fraction of sp³-hybridized carbons (Fsp3) is 0.345. The first kappa shape index (κ1) is 27.3. The summed E-state index contributed by atoms with van der Waals surface area (Å²) in [5.74, 6) is -3.04. The molecule has 1 amide bonds. The van der Waals surface area contributed by atoms with Crippen LogP contribution in [-0.2, 0) is 11.3 Å². The van der Waals surface area contributed by atoms with Crippen molar-refractivity contribution in [3.8, 4) is 0 Å². The average Bonchev–Trinajstić information content (AvgIpc) is 2.92. The van der Waals surface area contributed by atoms with Gasteiger partial charge in [-0.3, -0.25) is 9.78 Å². The van der Waals surface area contributed by atoms with Gasteiger partial charge in [-0.1, -0.05) is 6.07 Å². The Morgan fingerprint density at radius 2 is 1.84 bits per heavy atom. The molecule has 0 aliphatic carbocycles. The number of carbonyl (C=O) groups excluding carboxylic acids is 1. The Kier molecular flexibility index (Phi) is 8.78. The van der Waals surface area contributed by atoms with Crippen LogP contribution in [0.25, 0.3) is 6.08 Å². The maximum atomic E-state index is 14.4. The molecule has 0 spiro atoms. The van der Waals surface area contributed by atoms with Gasteiger partial charge in [0.05, 0.1) is 12.2 Å². The van der Waals surface area contributed by atoms with Gasteiger partial charge in [0.2, 0.25) is 5.91 Å². The number of halogens is 3. The van der Waals surface area contributed by atoms with Gasteiger partial charge in [0.15, 0.2) is 11.6 Å². The first-order chi connectivity index (χ1) is 18.2. The molecule has 0 bridgehead atoms. The standard InChI is InChI=1S/C29H32F3N5O/c1-19(2)36-15-11-24(12-16-36)37(27(38)8-7-21-17-25(30)20(3)28(31)29(21)32)18-23-5-4-6-26(35-23)34-22-9-13-33-14-10-22/h4-10,13-14,17,19,24H,11-12,15-16,18H2,1-3H3,(H,33,34,35)/b8-7+. The lowest BCUT2D eigenvalue weighted by Crippen LogP contribution is -2.48. The minimum Gasteiger partial charge on any atom is -0.340 e. The number of hydrogen-bond acceptors (Lipinski definition) is 5. The van der Waals surface area contributed by atoms with E-state index in [0.717, 1.165) is 43.8 Å². The molecular formula is C29H32F3N5O. The second-order valence-electron chi connectivity index (χ2n) is 9.74. The predicted octanol–water partition coefficient (Wildman–Crippen LogP) is 5.86. The Labute approximate surface area is 221 Å². The molecule has 1 fully saturated rings. The van der Waals surface area contributed by atoms with E-state index in [0.29, 0.717) is 17.6 Å². The predicted molar refractivity (Wildman–Crippen MR) is 142 cm³/mol. The summed E-state index contributed by atoms with van der Waals surface area (Å²) in [6, 6.07) is 10.4. The van der Waals surface area contributed by atoms with Crippen LogP contribution < -0.4 is 5.32 Å². The minimum atomic E-state index is -1.25. The van der Waals surface area contributed by atoms with Crippen molar-refractivity contribution in [1.29, 1.82) is 0 Å². The van der Waals surface area contributed by atoms with Crippen LogP contribution in [-0.4, -0.2) is 50.8 Å². The lowest BCUT2D eigenvalue weighted by molar-refractivity contribution is -0.130. The Morgan fingerprint density at radius 1 is 1.13 bits per heavy atom. The summed E-state index contributed by atoms with van der Waals surface area (Å²) < 4.78 is 42.5. The van der Waals surface area contributed by atoms with E-state index in [-0.39, 0.29) is 24.1 Å². The molecule has 0 unspecified atom stereocenters. The summed E-state index contributed by atoms with van der Waals surface area (Å²) in [6.07, 6.45) is 7.22. The molecule has 6 nitrogen and oxygen atoms in total. The zero-order valence-corrected chi connectivity index (χ0v) is 21.8. The Morgan fingerprint density at radius 3 is 2.53 bits per heavy atom. The van der Waals surface area contributed by atoms with E-state index in [1.165, 1.54) is 13.0 Å². The molecule has 3 heterocycles. The number of anilines is 2. The van der Waals surface area contributed by atoms with Crippen LogP contribution in [0.15, 0.2) is 54.9 Å². The molecule has 1 aromatic carbocycles. The monoisotopic (exact) mass is 523 g/mol. The smallest absolute Gasteiger partial charge is 0.247 e. The molecule has 9 heteroatoms. The van der Waals surface area contributed by atoms with Crippen molar-refractivity contribution in [2.45, 2.75) is 52.2 Å². The maximum absolute atomic E-state index is 14.4. The molecule has 200 valence electrons. The quantitative estimate of drug-likeness (QED) is 0.296. The number of aromatic nitrogens is 2. The first-order valence-corrected chi connectivity index (χ1v) is 12.7. The second kappa shape index (κ2) is 12.2. The first-order valence-electron chi connectivity index (χ1n) is 12.7. The normalized spacial score (nSPS) is 14.8. The van der Waals surface area contributed by atoms with Crippen LogP contribution in [0.1, 0.15) is 43.5 Å². The van der Waals surface area contributed by atoms with E-state index in [1.807, 2.05) is 30.3 Å². The summed E-state index contributed by atoms with van der Waals surface area (Å²) >= 11 is 0. The highest BCUT2D eigenvalue weighted by atomic mass is 19.2. The zero-order chi connectivity index (χ0) is 27.2. The van der Waals surface area contributed by atoms with Crippen LogP contribution in [0.5, 0.6) is 0 Å². The molecule has 1 N–H and O–H groups in total. The number of likely N-dealkylation sites (tertiary alicyclic amines) is 1. The van der Waals surface area contributed by atoms with Gasteiger partial charge >= 0.3 is 0 Å². The Bertz CT molecular complexity index is 1290. The van der Waals surface area contributed by atoms with E-state index in [1.54, 1.807) is 17.3 Å². The summed E-state index contributed by atoms with van der Waals surface area (Å²) in [4.78, 5) is 26.2. The fourth-order valence-electron chi connectivity index (χ4n) is 4.58. The highest BCUT2D eigenvalue weighted by Crippen LogP contribution is 2.24. The third-order valence-corrected chi connectivity index (χ3v) is 6.87. The summed E-state index contributed by atoms with van der Waals surface area (Å²) in [7, 11) is 0. The van der Waals surface area contributed by atoms with Crippen molar-refractivity contribution < 1.29 is 18.0 Å². The molecule has 1 aliphatic rings. The van der Waals surface area contributed by atoms with E-state index >= 15 is 0 Å². The number of nitrogens with zero attached hydrogens (tertiary/aromatic N) is 4. The Balaban J connectivity index is 1.57. The Hall–Kier alpha value is -3.72. The lowest BCUT2D eigenvalue weighted by Gasteiger charge is -2.39. The molecular weight excluding hydrogens is 491 g/mol. The molecule has 0 saturated carbocycles. The van der Waals surface area contributed by atoms with Crippen LogP contribution in [0.2, 0.25) is 0 Å². The summed E-state index contributed by atoms with van der Waals surface area (Å²) in [5.41, 5.74) is 0.808. The zero-order valence-electron chi connectivity index (χ0n) is 21.8. The number of nitrogens with one attached hydrogen (secondary N) is 1. The number of piperidine rings is 1. The van der Waals surface area contributed by atoms with Crippen LogP contribution in [0.4, 0.5) is 24.7 Å². The van der Waals surface area contributed by atoms with E-state index in [4.69, 9.17) is 0 Å². The van der Waals surface area contributed by atoms with Crippen LogP contribution in [0.3, 0.4) is 0 Å². The van der Waals surface area contributed by atoms with Gasteiger partial charge < -0.3 is 15.1 Å². The largest absolute Gasteiger partial charge is 0.340 e. The van der Waals surface area contributed by atoms with Gasteiger partial charge in [-0.25, -0.2) is 18.2 Å². The number of carbonyl (C=O) groups is 1. The third-order valence-electron chi connectivity index (χ3n) is 6.87. The topological polar surface area (TPSA) is 61.4 Å². The van der Waals surface area contributed by atoms with Crippen molar-refractivity contribution in [2.24, 2.45) is 0 Å². The van der Waals surface area contributed by atoms with Gasteiger partial charge in [0.1, 0.15) is 11.6 Å². The molecule has 1 saturated heterocycles. The van der Waals surface area contributed by atoms with Crippen molar-refractivity contribution in [3.63, 3.8) is 0 Å². The SMILES string of the molecule is Cc1c(F)cc(/C=C/C(=O)N(Cc2cccc(Nc3ccncc3)n2)C2CCN(C(C)C)CC2)c(F)c1F. The number of amides is 1. The van der Waals surface area contributed by atoms with Crippen LogP contribution >= 0.6 is 0 Å². The number of benzene rings is 1. The molecule has 4 rings (SSSR count). The summed E-state index contributed by atoms with van der Waals surface area (Å²) in [5, 5.41) is 3.22. The fourth-order valence-corrected chi connectivity index (χ4v) is 4.58. The molecule has 1 aliphatic heterocycles. The van der Waals surface area contributed by atoms with Crippen molar-refractivity contribution in [2.75, 3.05) is 18.4 Å². The second-order valence-corrected chi connectivity index (χ2v) is 9.74. The van der Waals surface area contributed by atoms with E-state index in [9.17, 15) is 18.0 Å². The molecule has 0 radical (unpaired) electrons. The number of rotatable bonds is 8. The highest BCUT2D eigenvalue weighted by molar-refractivity contribution is 5.92. The van der Waals surface area contributed by atoms with E-state index in [2.05, 4.69) is 34.0 Å². The van der Waals surface area contributed by atoms with Crippen molar-refractivity contribution in [1.82, 2.24) is 19.8 Å². The van der Waals surface area contributed by atoms with Crippen molar-refractivity contribution >= 4 is 23.5 Å². The van der Waals surface area contributed by atoms with Gasteiger partial charge in [-0.05, 0) is 70.0 Å². The molecule has 0 atom stereocenters. The van der Waals surface area contributed by atoms with E-state index < -0.39 is 23.0 Å². The molecule has 38 heavy (non-hydrogen) atoms. The number of hydrogen-bond donors (Lipinski definition) is 1.